The van der Waals surface area contributed by atoms with Gasteiger partial charge in [0.1, 0.15) is 29.8 Å². The van der Waals surface area contributed by atoms with Gasteiger partial charge in [0.05, 0.1) is 13.2 Å². The highest BCUT2D eigenvalue weighted by molar-refractivity contribution is 14.1. The van der Waals surface area contributed by atoms with Crippen LogP contribution in [0.1, 0.15) is 77.2 Å². The predicted molar refractivity (Wildman–Crippen MR) is 151 cm³/mol. The third kappa shape index (κ3) is 5.49. The molecule has 10 heteroatoms. The molecule has 6 atom stereocenters. The molecule has 1 aromatic rings. The second kappa shape index (κ2) is 12.3. The molecule has 1 amide bonds. The van der Waals surface area contributed by atoms with E-state index in [9.17, 15) is 14.7 Å². The minimum absolute atomic E-state index is 0.0973. The van der Waals surface area contributed by atoms with Gasteiger partial charge in [-0.1, -0.05) is 51.7 Å². The molecule has 1 aliphatic carbocycles. The SMILES string of the molecule is CCCCCC1(CCCCC)O[C@@H]2[C@H]3ON(Cc4cccc(I)c4)[C@H]4C(=O)OC(CC34C(=O)NCCO)[C@@H]2O1. The molecule has 39 heavy (non-hydrogen) atoms. The lowest BCUT2D eigenvalue weighted by Crippen LogP contribution is -2.69. The lowest BCUT2D eigenvalue weighted by atomic mass is 9.62. The first-order chi connectivity index (χ1) is 18.9. The third-order valence-corrected chi connectivity index (χ3v) is 9.29. The van der Waals surface area contributed by atoms with Crippen LogP contribution in [0.2, 0.25) is 0 Å². The Bertz CT molecular complexity index is 1030. The molecule has 0 radical (unpaired) electrons. The molecule has 4 fully saturated rings. The lowest BCUT2D eigenvalue weighted by molar-refractivity contribution is -0.224. The largest absolute Gasteiger partial charge is 0.458 e. The van der Waals surface area contributed by atoms with Gasteiger partial charge in [0.15, 0.2) is 11.8 Å². The summed E-state index contributed by atoms with van der Waals surface area (Å²) in [7, 11) is 0. The van der Waals surface area contributed by atoms with Crippen molar-refractivity contribution >= 4 is 34.5 Å². The molecule has 1 aromatic carbocycles. The minimum atomic E-state index is -1.20. The predicted octanol–water partition coefficient (Wildman–Crippen LogP) is 3.84. The van der Waals surface area contributed by atoms with Gasteiger partial charge in [0.25, 0.3) is 0 Å². The Balaban J connectivity index is 1.50. The Hall–Kier alpha value is -1.31. The first-order valence-electron chi connectivity index (χ1n) is 14.5. The van der Waals surface area contributed by atoms with Crippen LogP contribution in [0.3, 0.4) is 0 Å². The van der Waals surface area contributed by atoms with Gasteiger partial charge < -0.3 is 24.6 Å². The standard InChI is InChI=1S/C29H41IN2O7/c1-3-5-7-12-28(13-8-6-4-2)37-22-21-17-29(27(35)31-14-15-33)24(26(34)36-21)32(39-25(29)23(22)38-28)18-19-10-9-11-20(30)16-19/h9-11,16,21-25,33H,3-8,12-15,17-18H2,1-2H3,(H,31,35)/t21?,22-,23-,24-,25+,29?/m0/s1. The quantitative estimate of drug-likeness (QED) is 0.188. The summed E-state index contributed by atoms with van der Waals surface area (Å²) in [5.41, 5.74) is -0.236. The van der Waals surface area contributed by atoms with Crippen molar-refractivity contribution in [3.05, 3.63) is 33.4 Å². The summed E-state index contributed by atoms with van der Waals surface area (Å²) in [5.74, 6) is -1.57. The second-order valence-corrected chi connectivity index (χ2v) is 12.6. The van der Waals surface area contributed by atoms with Crippen LogP contribution in [0.15, 0.2) is 24.3 Å². The Labute approximate surface area is 244 Å². The number of hydrogen-bond acceptors (Lipinski definition) is 8. The molecule has 0 aromatic heterocycles. The zero-order valence-electron chi connectivity index (χ0n) is 22.9. The van der Waals surface area contributed by atoms with Gasteiger partial charge in [0.2, 0.25) is 5.91 Å². The van der Waals surface area contributed by atoms with Gasteiger partial charge >= 0.3 is 5.97 Å². The van der Waals surface area contributed by atoms with Crippen LogP contribution in [-0.2, 0) is 35.2 Å². The molecule has 1 saturated carbocycles. The number of rotatable bonds is 13. The monoisotopic (exact) mass is 656 g/mol. The minimum Gasteiger partial charge on any atom is -0.458 e. The number of aliphatic hydroxyl groups is 1. The molecule has 9 nitrogen and oxygen atoms in total. The summed E-state index contributed by atoms with van der Waals surface area (Å²) in [6, 6.07) is 7.06. The molecule has 5 rings (SSSR count). The number of carbonyl (C=O) groups excluding carboxylic acids is 2. The number of aliphatic hydroxyl groups excluding tert-OH is 1. The van der Waals surface area contributed by atoms with Crippen LogP contribution in [0, 0.1) is 8.99 Å². The Morgan fingerprint density at radius 2 is 1.85 bits per heavy atom. The average Bonchev–Trinajstić information content (AvgIpc) is 3.46. The zero-order chi connectivity index (χ0) is 27.6. The van der Waals surface area contributed by atoms with E-state index < -0.39 is 47.6 Å². The van der Waals surface area contributed by atoms with E-state index in [1.807, 2.05) is 24.3 Å². The van der Waals surface area contributed by atoms with Crippen LogP contribution < -0.4 is 5.32 Å². The van der Waals surface area contributed by atoms with E-state index in [2.05, 4.69) is 41.8 Å². The summed E-state index contributed by atoms with van der Waals surface area (Å²) >= 11 is 2.26. The summed E-state index contributed by atoms with van der Waals surface area (Å²) in [6.45, 7) is 4.57. The summed E-state index contributed by atoms with van der Waals surface area (Å²) in [4.78, 5) is 34.1. The number of fused-ring (bicyclic) bond motifs is 4. The number of nitrogens with zero attached hydrogens (tertiary/aromatic N) is 1. The maximum atomic E-state index is 13.9. The van der Waals surface area contributed by atoms with Crippen LogP contribution in [-0.4, -0.2) is 71.4 Å². The lowest BCUT2D eigenvalue weighted by Gasteiger charge is -2.48. The van der Waals surface area contributed by atoms with Crippen molar-refractivity contribution in [3.63, 3.8) is 0 Å². The second-order valence-electron chi connectivity index (χ2n) is 11.3. The smallest absolute Gasteiger partial charge is 0.327 e. The number of esters is 1. The van der Waals surface area contributed by atoms with Crippen LogP contribution >= 0.6 is 22.6 Å². The van der Waals surface area contributed by atoms with Crippen molar-refractivity contribution in [2.24, 2.45) is 5.41 Å². The molecule has 3 saturated heterocycles. The molecule has 2 unspecified atom stereocenters. The van der Waals surface area contributed by atoms with E-state index in [-0.39, 0.29) is 19.1 Å². The Morgan fingerprint density at radius 1 is 1.13 bits per heavy atom. The molecule has 0 spiro atoms. The first-order valence-corrected chi connectivity index (χ1v) is 15.6. The molecule has 4 aliphatic rings. The fourth-order valence-corrected chi connectivity index (χ4v) is 7.45. The van der Waals surface area contributed by atoms with Crippen LogP contribution in [0.25, 0.3) is 0 Å². The highest BCUT2D eigenvalue weighted by Crippen LogP contribution is 2.58. The Kier molecular flexibility index (Phi) is 9.19. The van der Waals surface area contributed by atoms with Gasteiger partial charge in [0, 0.05) is 29.4 Å². The number of amides is 1. The molecule has 2 N–H and O–H groups in total. The molecule has 216 valence electrons. The molecular formula is C29H41IN2O7. The number of ether oxygens (including phenoxy) is 3. The number of carbonyl (C=O) groups is 2. The van der Waals surface area contributed by atoms with Crippen molar-refractivity contribution in [1.82, 2.24) is 10.4 Å². The number of halogens is 1. The van der Waals surface area contributed by atoms with E-state index in [1.54, 1.807) is 5.06 Å². The summed E-state index contributed by atoms with van der Waals surface area (Å²) in [6.07, 6.45) is 5.72. The van der Waals surface area contributed by atoms with E-state index >= 15 is 0 Å². The number of benzene rings is 1. The van der Waals surface area contributed by atoms with E-state index in [0.29, 0.717) is 13.0 Å². The van der Waals surface area contributed by atoms with Crippen LogP contribution in [0.5, 0.6) is 0 Å². The van der Waals surface area contributed by atoms with Crippen molar-refractivity contribution in [3.8, 4) is 0 Å². The topological polar surface area (TPSA) is 107 Å². The average molecular weight is 657 g/mol. The maximum absolute atomic E-state index is 13.9. The maximum Gasteiger partial charge on any atom is 0.327 e. The van der Waals surface area contributed by atoms with Gasteiger partial charge in [-0.3, -0.25) is 14.4 Å². The van der Waals surface area contributed by atoms with Gasteiger partial charge in [-0.15, -0.1) is 0 Å². The number of hydroxylamine groups is 2. The number of hydrogen-bond donors (Lipinski definition) is 2. The Morgan fingerprint density at radius 3 is 2.51 bits per heavy atom. The van der Waals surface area contributed by atoms with E-state index in [0.717, 1.165) is 60.5 Å². The fourth-order valence-electron chi connectivity index (χ4n) is 6.85. The highest BCUT2D eigenvalue weighted by atomic mass is 127. The molecule has 3 heterocycles. The summed E-state index contributed by atoms with van der Waals surface area (Å²) < 4.78 is 20.7. The molecule has 3 aliphatic heterocycles. The van der Waals surface area contributed by atoms with E-state index in [1.165, 1.54) is 0 Å². The van der Waals surface area contributed by atoms with Gasteiger partial charge in [-0.25, -0.2) is 0 Å². The van der Waals surface area contributed by atoms with Crippen molar-refractivity contribution in [2.45, 2.75) is 114 Å². The summed E-state index contributed by atoms with van der Waals surface area (Å²) in [5, 5.41) is 13.9. The highest BCUT2D eigenvalue weighted by Gasteiger charge is 2.76. The molecule has 2 bridgehead atoms. The first kappa shape index (κ1) is 29.2. The van der Waals surface area contributed by atoms with Crippen molar-refractivity contribution < 1.29 is 33.7 Å². The van der Waals surface area contributed by atoms with E-state index in [4.69, 9.17) is 19.0 Å². The number of unbranched alkanes of at least 4 members (excludes halogenated alkanes) is 4. The van der Waals surface area contributed by atoms with Crippen molar-refractivity contribution in [2.75, 3.05) is 13.2 Å². The third-order valence-electron chi connectivity index (χ3n) is 8.62. The molecular weight excluding hydrogens is 615 g/mol. The van der Waals surface area contributed by atoms with Gasteiger partial charge in [-0.05, 0) is 53.1 Å². The fraction of sp³-hybridized carbons (Fsp3) is 0.724. The zero-order valence-corrected chi connectivity index (χ0v) is 25.1. The number of nitrogens with one attached hydrogen (secondary N) is 1. The normalized spacial score (nSPS) is 32.6. The van der Waals surface area contributed by atoms with Crippen LogP contribution in [0.4, 0.5) is 0 Å². The van der Waals surface area contributed by atoms with Crippen molar-refractivity contribution in [1.29, 1.82) is 0 Å². The van der Waals surface area contributed by atoms with Gasteiger partial charge in [-0.2, -0.15) is 5.06 Å².